The second kappa shape index (κ2) is 8.49. The Hall–Kier alpha value is -1.59. The second-order valence-corrected chi connectivity index (χ2v) is 3.59. The highest BCUT2D eigenvalue weighted by molar-refractivity contribution is 5.85. The van der Waals surface area contributed by atoms with Crippen molar-refractivity contribution in [3.8, 4) is 0 Å². The van der Waals surface area contributed by atoms with Crippen molar-refractivity contribution in [3.63, 3.8) is 0 Å². The number of rotatable bonds is 5. The minimum Gasteiger partial charge on any atom is -0.459 e. The molecule has 1 atom stereocenters. The fourth-order valence-electron chi connectivity index (χ4n) is 1.21. The van der Waals surface area contributed by atoms with Gasteiger partial charge in [-0.2, -0.15) is 0 Å². The van der Waals surface area contributed by atoms with Gasteiger partial charge in [0.25, 0.3) is 0 Å². The van der Waals surface area contributed by atoms with Crippen LogP contribution in [-0.4, -0.2) is 24.5 Å². The van der Waals surface area contributed by atoms with Crippen LogP contribution in [0.1, 0.15) is 12.5 Å². The van der Waals surface area contributed by atoms with E-state index in [0.29, 0.717) is 0 Å². The summed E-state index contributed by atoms with van der Waals surface area (Å²) in [4.78, 5) is 22.4. The number of nitrogens with one attached hydrogen (secondary N) is 1. The fourth-order valence-corrected chi connectivity index (χ4v) is 1.21. The molecule has 0 aromatic heterocycles. The fraction of sp³-hybridized carbons (Fsp3) is 0.333. The first-order chi connectivity index (χ1) is 8.13. The topological polar surface area (TPSA) is 81.4 Å². The number of ether oxygens (including phenoxy) is 1. The molecule has 6 heteroatoms. The van der Waals surface area contributed by atoms with Crippen LogP contribution < -0.4 is 11.1 Å². The molecule has 0 unspecified atom stereocenters. The van der Waals surface area contributed by atoms with Crippen LogP contribution in [0.5, 0.6) is 0 Å². The van der Waals surface area contributed by atoms with E-state index in [9.17, 15) is 9.59 Å². The van der Waals surface area contributed by atoms with Gasteiger partial charge in [0.2, 0.25) is 5.91 Å². The molecule has 0 aliphatic heterocycles. The molecule has 0 saturated heterocycles. The molecule has 1 amide bonds. The van der Waals surface area contributed by atoms with E-state index in [1.165, 1.54) is 0 Å². The Balaban J connectivity index is 0.00000289. The van der Waals surface area contributed by atoms with Gasteiger partial charge >= 0.3 is 5.97 Å². The monoisotopic (exact) mass is 272 g/mol. The van der Waals surface area contributed by atoms with Gasteiger partial charge in [0.15, 0.2) is 0 Å². The molecule has 1 aromatic rings. The molecular formula is C12H17ClN2O3. The lowest BCUT2D eigenvalue weighted by molar-refractivity contribution is -0.148. The summed E-state index contributed by atoms with van der Waals surface area (Å²) in [5.74, 6) is -0.857. The Morgan fingerprint density at radius 2 is 1.94 bits per heavy atom. The number of carbonyl (C=O) groups is 2. The molecule has 1 aromatic carbocycles. The predicted molar refractivity (Wildman–Crippen MR) is 70.1 cm³/mol. The quantitative estimate of drug-likeness (QED) is 0.770. The van der Waals surface area contributed by atoms with Gasteiger partial charge in [-0.25, -0.2) is 4.79 Å². The number of benzene rings is 1. The maximum atomic E-state index is 11.5. The summed E-state index contributed by atoms with van der Waals surface area (Å²) >= 11 is 0. The number of carbonyl (C=O) groups excluding carboxylic acids is 2. The van der Waals surface area contributed by atoms with Crippen molar-refractivity contribution in [2.45, 2.75) is 19.6 Å². The SMILES string of the molecule is C[C@H](NC(=O)CN)C(=O)OCc1ccccc1.Cl. The number of halogens is 1. The molecule has 18 heavy (non-hydrogen) atoms. The first kappa shape index (κ1) is 16.4. The molecule has 0 aliphatic carbocycles. The summed E-state index contributed by atoms with van der Waals surface area (Å²) in [6, 6.07) is 8.64. The maximum absolute atomic E-state index is 11.5. The van der Waals surface area contributed by atoms with Crippen LogP contribution in [0.3, 0.4) is 0 Å². The Kier molecular flexibility index (Phi) is 7.74. The Bertz CT molecular complexity index is 384. The molecule has 5 nitrogen and oxygen atoms in total. The Labute approximate surface area is 112 Å². The van der Waals surface area contributed by atoms with Crippen LogP contribution in [0.25, 0.3) is 0 Å². The number of amides is 1. The van der Waals surface area contributed by atoms with E-state index in [2.05, 4.69) is 5.32 Å². The lowest BCUT2D eigenvalue weighted by atomic mass is 10.2. The van der Waals surface area contributed by atoms with E-state index in [1.54, 1.807) is 6.92 Å². The lowest BCUT2D eigenvalue weighted by Crippen LogP contribution is -2.42. The number of hydrogen-bond acceptors (Lipinski definition) is 4. The number of nitrogens with two attached hydrogens (primary N) is 1. The van der Waals surface area contributed by atoms with Crippen LogP contribution in [0.4, 0.5) is 0 Å². The lowest BCUT2D eigenvalue weighted by Gasteiger charge is -2.12. The Morgan fingerprint density at radius 1 is 1.33 bits per heavy atom. The van der Waals surface area contributed by atoms with Crippen molar-refractivity contribution in [1.29, 1.82) is 0 Å². The van der Waals surface area contributed by atoms with Crippen molar-refractivity contribution < 1.29 is 14.3 Å². The molecule has 0 fully saturated rings. The highest BCUT2D eigenvalue weighted by atomic mass is 35.5. The molecule has 1 rings (SSSR count). The highest BCUT2D eigenvalue weighted by Gasteiger charge is 2.15. The van der Waals surface area contributed by atoms with Crippen molar-refractivity contribution >= 4 is 24.3 Å². The summed E-state index contributed by atoms with van der Waals surface area (Å²) in [5, 5.41) is 2.43. The van der Waals surface area contributed by atoms with Crippen LogP contribution in [-0.2, 0) is 20.9 Å². The summed E-state index contributed by atoms with van der Waals surface area (Å²) in [6.07, 6.45) is 0. The second-order valence-electron chi connectivity index (χ2n) is 3.59. The van der Waals surface area contributed by atoms with E-state index in [1.807, 2.05) is 30.3 Å². The molecule has 100 valence electrons. The zero-order valence-corrected chi connectivity index (χ0v) is 10.9. The van der Waals surface area contributed by atoms with Gasteiger partial charge in [-0.1, -0.05) is 30.3 Å². The van der Waals surface area contributed by atoms with Gasteiger partial charge in [-0.3, -0.25) is 4.79 Å². The maximum Gasteiger partial charge on any atom is 0.328 e. The molecule has 0 bridgehead atoms. The standard InChI is InChI=1S/C12H16N2O3.ClH/c1-9(14-11(15)7-13)12(16)17-8-10-5-3-2-4-6-10;/h2-6,9H,7-8,13H2,1H3,(H,14,15);1H/t9-;/m0./s1. The van der Waals surface area contributed by atoms with Crippen molar-refractivity contribution in [1.82, 2.24) is 5.32 Å². The summed E-state index contributed by atoms with van der Waals surface area (Å²) in [7, 11) is 0. The van der Waals surface area contributed by atoms with E-state index in [-0.39, 0.29) is 31.5 Å². The van der Waals surface area contributed by atoms with Crippen LogP contribution in [0.2, 0.25) is 0 Å². The molecule has 0 heterocycles. The third kappa shape index (κ3) is 5.65. The van der Waals surface area contributed by atoms with Gasteiger partial charge in [-0.05, 0) is 12.5 Å². The zero-order valence-electron chi connectivity index (χ0n) is 10.1. The van der Waals surface area contributed by atoms with Crippen LogP contribution in [0.15, 0.2) is 30.3 Å². The first-order valence-corrected chi connectivity index (χ1v) is 5.33. The minimum absolute atomic E-state index is 0. The summed E-state index contributed by atoms with van der Waals surface area (Å²) in [5.41, 5.74) is 6.02. The zero-order chi connectivity index (χ0) is 12.7. The third-order valence-corrected chi connectivity index (χ3v) is 2.14. The predicted octanol–water partition coefficient (Wildman–Crippen LogP) is 0.615. The molecule has 0 radical (unpaired) electrons. The molecule has 3 N–H and O–H groups in total. The molecule has 0 saturated carbocycles. The van der Waals surface area contributed by atoms with E-state index >= 15 is 0 Å². The van der Waals surface area contributed by atoms with Crippen LogP contribution >= 0.6 is 12.4 Å². The minimum atomic E-state index is -0.685. The van der Waals surface area contributed by atoms with E-state index in [4.69, 9.17) is 10.5 Å². The first-order valence-electron chi connectivity index (χ1n) is 5.33. The van der Waals surface area contributed by atoms with E-state index < -0.39 is 12.0 Å². The van der Waals surface area contributed by atoms with Gasteiger partial charge in [-0.15, -0.1) is 12.4 Å². The van der Waals surface area contributed by atoms with Gasteiger partial charge in [0.05, 0.1) is 6.54 Å². The average Bonchev–Trinajstić information content (AvgIpc) is 2.36. The van der Waals surface area contributed by atoms with Gasteiger partial charge in [0, 0.05) is 0 Å². The largest absolute Gasteiger partial charge is 0.459 e. The summed E-state index contributed by atoms with van der Waals surface area (Å²) in [6.45, 7) is 1.61. The van der Waals surface area contributed by atoms with Crippen molar-refractivity contribution in [3.05, 3.63) is 35.9 Å². The highest BCUT2D eigenvalue weighted by Crippen LogP contribution is 2.01. The van der Waals surface area contributed by atoms with Gasteiger partial charge < -0.3 is 15.8 Å². The smallest absolute Gasteiger partial charge is 0.328 e. The number of esters is 1. The molecule has 0 aliphatic rings. The van der Waals surface area contributed by atoms with Crippen molar-refractivity contribution in [2.24, 2.45) is 5.73 Å². The third-order valence-electron chi connectivity index (χ3n) is 2.14. The van der Waals surface area contributed by atoms with E-state index in [0.717, 1.165) is 5.56 Å². The number of hydrogen-bond donors (Lipinski definition) is 2. The van der Waals surface area contributed by atoms with Gasteiger partial charge in [0.1, 0.15) is 12.6 Å². The summed E-state index contributed by atoms with van der Waals surface area (Å²) < 4.78 is 5.04. The molecule has 0 spiro atoms. The molecular weight excluding hydrogens is 256 g/mol. The normalized spacial score (nSPS) is 11.0. The average molecular weight is 273 g/mol. The van der Waals surface area contributed by atoms with Crippen molar-refractivity contribution in [2.75, 3.05) is 6.54 Å². The van der Waals surface area contributed by atoms with Crippen LogP contribution in [0, 0.1) is 0 Å². The Morgan fingerprint density at radius 3 is 2.50 bits per heavy atom.